The van der Waals surface area contributed by atoms with Crippen molar-refractivity contribution in [1.29, 1.82) is 0 Å². The van der Waals surface area contributed by atoms with Crippen molar-refractivity contribution in [1.82, 2.24) is 0 Å². The van der Waals surface area contributed by atoms with Crippen LogP contribution in [0.5, 0.6) is 0 Å². The Morgan fingerprint density at radius 1 is 1.39 bits per heavy atom. The number of benzene rings is 1. The van der Waals surface area contributed by atoms with Gasteiger partial charge in [-0.05, 0) is 30.5 Å². The van der Waals surface area contributed by atoms with Gasteiger partial charge in [-0.2, -0.15) is 11.8 Å². The van der Waals surface area contributed by atoms with E-state index in [9.17, 15) is 0 Å². The Kier molecular flexibility index (Phi) is 4.95. The molecule has 2 unspecified atom stereocenters. The zero-order valence-electron chi connectivity index (χ0n) is 11.4. The summed E-state index contributed by atoms with van der Waals surface area (Å²) < 4.78 is 0. The lowest BCUT2D eigenvalue weighted by Crippen LogP contribution is -2.36. The Morgan fingerprint density at radius 3 is 2.72 bits per heavy atom. The van der Waals surface area contributed by atoms with Crippen LogP contribution in [0.25, 0.3) is 0 Å². The highest BCUT2D eigenvalue weighted by Gasteiger charge is 2.16. The lowest BCUT2D eigenvalue weighted by molar-refractivity contribution is 0.646. The van der Waals surface area contributed by atoms with Crippen molar-refractivity contribution in [3.05, 3.63) is 29.8 Å². The van der Waals surface area contributed by atoms with E-state index in [1.807, 2.05) is 0 Å². The van der Waals surface area contributed by atoms with Crippen molar-refractivity contribution in [3.63, 3.8) is 0 Å². The summed E-state index contributed by atoms with van der Waals surface area (Å²) in [6.07, 6.45) is 2.03. The maximum Gasteiger partial charge on any atom is 0.0367 e. The average Bonchev–Trinajstić information content (AvgIpc) is 2.39. The lowest BCUT2D eigenvalue weighted by Gasteiger charge is -2.32. The van der Waals surface area contributed by atoms with E-state index in [1.54, 1.807) is 0 Å². The standard InChI is InChI=1S/C15H24N2S/c1-3-14(16)10-13-4-6-15(7-5-13)17-8-9-18-12(2)11-17/h4-7,12,14H,3,8-11,16H2,1-2H3. The van der Waals surface area contributed by atoms with Crippen LogP contribution < -0.4 is 10.6 Å². The van der Waals surface area contributed by atoms with Gasteiger partial charge in [0.2, 0.25) is 0 Å². The molecule has 2 atom stereocenters. The zero-order chi connectivity index (χ0) is 13.0. The minimum atomic E-state index is 0.294. The molecule has 2 nitrogen and oxygen atoms in total. The van der Waals surface area contributed by atoms with Gasteiger partial charge < -0.3 is 10.6 Å². The quantitative estimate of drug-likeness (QED) is 0.906. The first-order valence-corrected chi connectivity index (χ1v) is 7.95. The maximum absolute atomic E-state index is 5.99. The molecule has 0 spiro atoms. The first-order chi connectivity index (χ1) is 8.69. The van der Waals surface area contributed by atoms with Gasteiger partial charge in [0.05, 0.1) is 0 Å². The van der Waals surface area contributed by atoms with Gasteiger partial charge in [0.1, 0.15) is 0 Å². The average molecular weight is 264 g/mol. The van der Waals surface area contributed by atoms with E-state index in [2.05, 4.69) is 54.8 Å². The highest BCUT2D eigenvalue weighted by atomic mass is 32.2. The second-order valence-electron chi connectivity index (χ2n) is 5.17. The van der Waals surface area contributed by atoms with Crippen LogP contribution in [0.15, 0.2) is 24.3 Å². The highest BCUT2D eigenvalue weighted by molar-refractivity contribution is 8.00. The fourth-order valence-corrected chi connectivity index (χ4v) is 3.36. The summed E-state index contributed by atoms with van der Waals surface area (Å²) in [6.45, 7) is 6.79. The van der Waals surface area contributed by atoms with E-state index < -0.39 is 0 Å². The molecule has 0 radical (unpaired) electrons. The Balaban J connectivity index is 1.98. The van der Waals surface area contributed by atoms with Gasteiger partial charge in [-0.15, -0.1) is 0 Å². The molecule has 0 aliphatic carbocycles. The Bertz CT molecular complexity index is 363. The van der Waals surface area contributed by atoms with Crippen LogP contribution in [0.4, 0.5) is 5.69 Å². The third-order valence-corrected chi connectivity index (χ3v) is 4.70. The SMILES string of the molecule is CCC(N)Cc1ccc(N2CCSC(C)C2)cc1. The van der Waals surface area contributed by atoms with Crippen LogP contribution in [0.3, 0.4) is 0 Å². The summed E-state index contributed by atoms with van der Waals surface area (Å²) >= 11 is 2.07. The van der Waals surface area contributed by atoms with Crippen LogP contribution in [0.2, 0.25) is 0 Å². The minimum absolute atomic E-state index is 0.294. The van der Waals surface area contributed by atoms with Gasteiger partial charge in [0.15, 0.2) is 0 Å². The van der Waals surface area contributed by atoms with E-state index in [0.717, 1.165) is 18.1 Å². The smallest absolute Gasteiger partial charge is 0.0367 e. The number of hydrogen-bond acceptors (Lipinski definition) is 3. The molecule has 18 heavy (non-hydrogen) atoms. The molecule has 100 valence electrons. The third kappa shape index (κ3) is 3.66. The minimum Gasteiger partial charge on any atom is -0.370 e. The number of rotatable bonds is 4. The first kappa shape index (κ1) is 13.8. The molecular weight excluding hydrogens is 240 g/mol. The fourth-order valence-electron chi connectivity index (χ4n) is 2.34. The first-order valence-electron chi connectivity index (χ1n) is 6.90. The van der Waals surface area contributed by atoms with Crippen molar-refractivity contribution in [3.8, 4) is 0 Å². The summed E-state index contributed by atoms with van der Waals surface area (Å²) in [5, 5.41) is 0.743. The predicted octanol–water partition coefficient (Wildman–Crippen LogP) is 2.91. The van der Waals surface area contributed by atoms with Gasteiger partial charge >= 0.3 is 0 Å². The molecule has 1 aliphatic heterocycles. The van der Waals surface area contributed by atoms with Crippen molar-refractivity contribution < 1.29 is 0 Å². The van der Waals surface area contributed by atoms with E-state index >= 15 is 0 Å². The van der Waals surface area contributed by atoms with Crippen LogP contribution in [0.1, 0.15) is 25.8 Å². The number of anilines is 1. The molecular formula is C15H24N2S. The largest absolute Gasteiger partial charge is 0.370 e. The molecule has 1 fully saturated rings. The van der Waals surface area contributed by atoms with Crippen molar-refractivity contribution in [2.75, 3.05) is 23.7 Å². The Hall–Kier alpha value is -0.670. The van der Waals surface area contributed by atoms with Crippen LogP contribution >= 0.6 is 11.8 Å². The van der Waals surface area contributed by atoms with Crippen LogP contribution in [0, 0.1) is 0 Å². The molecule has 1 heterocycles. The molecule has 0 amide bonds. The molecule has 1 aliphatic rings. The number of hydrogen-bond donors (Lipinski definition) is 1. The van der Waals surface area contributed by atoms with Gasteiger partial charge in [-0.25, -0.2) is 0 Å². The summed E-state index contributed by atoms with van der Waals surface area (Å²) in [5.74, 6) is 1.24. The molecule has 1 aromatic carbocycles. The normalized spacial score (nSPS) is 21.9. The fraction of sp³-hybridized carbons (Fsp3) is 0.600. The third-order valence-electron chi connectivity index (χ3n) is 3.56. The summed E-state index contributed by atoms with van der Waals surface area (Å²) in [4.78, 5) is 2.49. The van der Waals surface area contributed by atoms with Gasteiger partial charge in [0, 0.05) is 35.8 Å². The van der Waals surface area contributed by atoms with Gasteiger partial charge in [0.25, 0.3) is 0 Å². The molecule has 0 bridgehead atoms. The van der Waals surface area contributed by atoms with Crippen LogP contribution in [-0.2, 0) is 6.42 Å². The second-order valence-corrected chi connectivity index (χ2v) is 6.71. The Morgan fingerprint density at radius 2 is 2.11 bits per heavy atom. The lowest BCUT2D eigenvalue weighted by atomic mass is 10.0. The van der Waals surface area contributed by atoms with Crippen LogP contribution in [-0.4, -0.2) is 30.1 Å². The monoisotopic (exact) mass is 264 g/mol. The zero-order valence-corrected chi connectivity index (χ0v) is 12.2. The Labute approximate surface area is 115 Å². The van der Waals surface area contributed by atoms with E-state index in [0.29, 0.717) is 6.04 Å². The van der Waals surface area contributed by atoms with Gasteiger partial charge in [-0.3, -0.25) is 0 Å². The maximum atomic E-state index is 5.99. The molecule has 2 N–H and O–H groups in total. The molecule has 1 aromatic rings. The van der Waals surface area contributed by atoms with E-state index in [4.69, 9.17) is 5.73 Å². The summed E-state index contributed by atoms with van der Waals surface area (Å²) in [7, 11) is 0. The molecule has 0 aromatic heterocycles. The summed E-state index contributed by atoms with van der Waals surface area (Å²) in [5.41, 5.74) is 8.70. The van der Waals surface area contributed by atoms with E-state index in [1.165, 1.54) is 30.1 Å². The topological polar surface area (TPSA) is 29.3 Å². The number of nitrogens with two attached hydrogens (primary N) is 1. The molecule has 0 saturated carbocycles. The second kappa shape index (κ2) is 6.48. The molecule has 2 rings (SSSR count). The molecule has 1 saturated heterocycles. The highest BCUT2D eigenvalue weighted by Crippen LogP contribution is 2.24. The van der Waals surface area contributed by atoms with Crippen molar-refractivity contribution in [2.24, 2.45) is 5.73 Å². The summed E-state index contributed by atoms with van der Waals surface area (Å²) in [6, 6.07) is 9.26. The van der Waals surface area contributed by atoms with Crippen molar-refractivity contribution >= 4 is 17.4 Å². The van der Waals surface area contributed by atoms with Crippen molar-refractivity contribution in [2.45, 2.75) is 38.0 Å². The number of thioether (sulfide) groups is 1. The molecule has 3 heteroatoms. The predicted molar refractivity (Wildman–Crippen MR) is 82.5 cm³/mol. The number of nitrogens with zero attached hydrogens (tertiary/aromatic N) is 1. The van der Waals surface area contributed by atoms with E-state index in [-0.39, 0.29) is 0 Å². The van der Waals surface area contributed by atoms with Gasteiger partial charge in [-0.1, -0.05) is 26.0 Å².